The van der Waals surface area contributed by atoms with Crippen LogP contribution >= 0.6 is 11.6 Å². The molecule has 114 valence electrons. The molecule has 0 unspecified atom stereocenters. The van der Waals surface area contributed by atoms with Crippen molar-refractivity contribution in [2.75, 3.05) is 11.1 Å². The zero-order valence-corrected chi connectivity index (χ0v) is 12.5. The Morgan fingerprint density at radius 3 is 2.74 bits per heavy atom. The van der Waals surface area contributed by atoms with Crippen molar-refractivity contribution in [1.29, 1.82) is 0 Å². The second kappa shape index (κ2) is 6.37. The minimum Gasteiger partial charge on any atom is -0.368 e. The van der Waals surface area contributed by atoms with Gasteiger partial charge in [0.25, 0.3) is 5.91 Å². The minimum atomic E-state index is -0.388. The number of halogens is 1. The van der Waals surface area contributed by atoms with Crippen LogP contribution in [-0.4, -0.2) is 25.8 Å². The van der Waals surface area contributed by atoms with E-state index in [9.17, 15) is 4.79 Å². The molecular formula is C15H11ClN6O. The smallest absolute Gasteiger partial charge is 0.259 e. The highest BCUT2D eigenvalue weighted by molar-refractivity contribution is 6.30. The molecule has 0 saturated heterocycles. The Labute approximate surface area is 136 Å². The lowest BCUT2D eigenvalue weighted by Crippen LogP contribution is -2.16. The van der Waals surface area contributed by atoms with Gasteiger partial charge >= 0.3 is 0 Å². The van der Waals surface area contributed by atoms with Crippen molar-refractivity contribution in [2.24, 2.45) is 0 Å². The van der Waals surface area contributed by atoms with E-state index in [1.54, 1.807) is 42.6 Å². The van der Waals surface area contributed by atoms with Crippen LogP contribution in [0.3, 0.4) is 0 Å². The van der Waals surface area contributed by atoms with E-state index in [0.717, 1.165) is 0 Å². The quantitative estimate of drug-likeness (QED) is 0.765. The third kappa shape index (κ3) is 3.58. The zero-order valence-electron chi connectivity index (χ0n) is 11.8. The van der Waals surface area contributed by atoms with Crippen molar-refractivity contribution in [2.45, 2.75) is 0 Å². The summed E-state index contributed by atoms with van der Waals surface area (Å²) in [5.74, 6) is -0.0139. The van der Waals surface area contributed by atoms with Crippen molar-refractivity contribution in [3.8, 4) is 11.4 Å². The summed E-state index contributed by atoms with van der Waals surface area (Å²) in [7, 11) is 0. The van der Waals surface area contributed by atoms with Crippen molar-refractivity contribution < 1.29 is 4.79 Å². The van der Waals surface area contributed by atoms with Gasteiger partial charge in [0.1, 0.15) is 0 Å². The fourth-order valence-corrected chi connectivity index (χ4v) is 2.07. The number of carbonyl (C=O) groups is 1. The number of pyridine rings is 1. The lowest BCUT2D eigenvalue weighted by molar-refractivity contribution is 0.102. The molecule has 0 atom stereocenters. The summed E-state index contributed by atoms with van der Waals surface area (Å²) in [6.07, 6.45) is 3.02. The van der Waals surface area contributed by atoms with Gasteiger partial charge in [-0.25, -0.2) is 0 Å². The van der Waals surface area contributed by atoms with Gasteiger partial charge in [-0.2, -0.15) is 15.0 Å². The van der Waals surface area contributed by atoms with Crippen molar-refractivity contribution in [1.82, 2.24) is 19.9 Å². The van der Waals surface area contributed by atoms with Gasteiger partial charge in [0, 0.05) is 23.0 Å². The van der Waals surface area contributed by atoms with Crippen LogP contribution in [0, 0.1) is 0 Å². The molecule has 0 fully saturated rings. The Morgan fingerprint density at radius 2 is 2.00 bits per heavy atom. The molecule has 3 rings (SSSR count). The van der Waals surface area contributed by atoms with Crippen LogP contribution in [0.5, 0.6) is 0 Å². The third-order valence-corrected chi connectivity index (χ3v) is 3.12. The molecule has 2 heterocycles. The van der Waals surface area contributed by atoms with E-state index < -0.39 is 0 Å². The Bertz CT molecular complexity index is 856. The van der Waals surface area contributed by atoms with Crippen molar-refractivity contribution in [3.63, 3.8) is 0 Å². The van der Waals surface area contributed by atoms with E-state index in [1.165, 1.54) is 6.20 Å². The van der Waals surface area contributed by atoms with Crippen LogP contribution in [0.15, 0.2) is 48.8 Å². The average molecular weight is 327 g/mol. The number of nitrogens with zero attached hydrogens (tertiary/aromatic N) is 4. The number of hydrogen-bond acceptors (Lipinski definition) is 6. The van der Waals surface area contributed by atoms with E-state index in [4.69, 9.17) is 17.3 Å². The second-order valence-corrected chi connectivity index (χ2v) is 4.98. The highest BCUT2D eigenvalue weighted by Crippen LogP contribution is 2.20. The highest BCUT2D eigenvalue weighted by atomic mass is 35.5. The molecule has 2 aromatic heterocycles. The van der Waals surface area contributed by atoms with E-state index in [0.29, 0.717) is 22.0 Å². The van der Waals surface area contributed by atoms with Crippen molar-refractivity contribution >= 4 is 29.4 Å². The number of aromatic nitrogens is 4. The first-order valence-corrected chi connectivity index (χ1v) is 6.98. The van der Waals surface area contributed by atoms with E-state index in [1.807, 2.05) is 0 Å². The summed E-state index contributed by atoms with van der Waals surface area (Å²) in [4.78, 5) is 28.2. The lowest BCUT2D eigenvalue weighted by Gasteiger charge is -2.06. The summed E-state index contributed by atoms with van der Waals surface area (Å²) < 4.78 is 0. The van der Waals surface area contributed by atoms with E-state index in [-0.39, 0.29) is 17.8 Å². The van der Waals surface area contributed by atoms with Gasteiger partial charge in [-0.05, 0) is 24.3 Å². The van der Waals surface area contributed by atoms with Gasteiger partial charge in [0.15, 0.2) is 5.82 Å². The Morgan fingerprint density at radius 1 is 1.13 bits per heavy atom. The third-order valence-electron chi connectivity index (χ3n) is 2.88. The van der Waals surface area contributed by atoms with Gasteiger partial charge in [-0.1, -0.05) is 23.7 Å². The van der Waals surface area contributed by atoms with Crippen LogP contribution in [0.2, 0.25) is 5.02 Å². The summed E-state index contributed by atoms with van der Waals surface area (Å²) in [5, 5.41) is 3.11. The number of anilines is 2. The number of hydrogen-bond donors (Lipinski definition) is 2. The standard InChI is InChI=1S/C15H11ClN6O/c16-11-5-1-3-9(7-11)12-19-14(17)22-15(20-12)21-13(23)10-4-2-6-18-8-10/h1-8H,(H3,17,19,20,21,22,23). The van der Waals surface area contributed by atoms with Crippen LogP contribution in [0.4, 0.5) is 11.9 Å². The second-order valence-electron chi connectivity index (χ2n) is 4.55. The maximum absolute atomic E-state index is 12.1. The number of nitrogens with two attached hydrogens (primary N) is 1. The predicted molar refractivity (Wildman–Crippen MR) is 86.9 cm³/mol. The molecule has 0 radical (unpaired) electrons. The highest BCUT2D eigenvalue weighted by Gasteiger charge is 2.11. The Balaban J connectivity index is 1.90. The topological polar surface area (TPSA) is 107 Å². The largest absolute Gasteiger partial charge is 0.368 e. The number of benzene rings is 1. The number of amides is 1. The normalized spacial score (nSPS) is 10.3. The van der Waals surface area contributed by atoms with E-state index in [2.05, 4.69) is 25.3 Å². The first-order valence-electron chi connectivity index (χ1n) is 6.61. The molecule has 0 saturated carbocycles. The maximum atomic E-state index is 12.1. The molecule has 1 amide bonds. The first-order chi connectivity index (χ1) is 11.1. The molecule has 0 aliphatic rings. The molecule has 0 spiro atoms. The molecule has 0 aliphatic carbocycles. The Hall–Kier alpha value is -3.06. The molecule has 7 nitrogen and oxygen atoms in total. The number of carbonyl (C=O) groups excluding carboxylic acids is 1. The molecule has 0 bridgehead atoms. The maximum Gasteiger partial charge on any atom is 0.259 e. The molecule has 1 aromatic carbocycles. The number of rotatable bonds is 3. The number of nitrogen functional groups attached to an aromatic ring is 1. The zero-order chi connectivity index (χ0) is 16.2. The molecule has 23 heavy (non-hydrogen) atoms. The van der Waals surface area contributed by atoms with Gasteiger partial charge in [0.2, 0.25) is 11.9 Å². The van der Waals surface area contributed by atoms with E-state index >= 15 is 0 Å². The summed E-state index contributed by atoms with van der Waals surface area (Å²) >= 11 is 5.96. The monoisotopic (exact) mass is 326 g/mol. The molecule has 0 aliphatic heterocycles. The first kappa shape index (κ1) is 14.9. The van der Waals surface area contributed by atoms with Crippen LogP contribution in [0.1, 0.15) is 10.4 Å². The summed E-state index contributed by atoms with van der Waals surface area (Å²) in [6.45, 7) is 0. The molecular weight excluding hydrogens is 316 g/mol. The molecule has 3 N–H and O–H groups in total. The van der Waals surface area contributed by atoms with Crippen LogP contribution in [0.25, 0.3) is 11.4 Å². The summed E-state index contributed by atoms with van der Waals surface area (Å²) in [5.41, 5.74) is 6.75. The summed E-state index contributed by atoms with van der Waals surface area (Å²) in [6, 6.07) is 10.3. The average Bonchev–Trinajstić information content (AvgIpc) is 2.55. The fourth-order valence-electron chi connectivity index (χ4n) is 1.88. The van der Waals surface area contributed by atoms with Crippen LogP contribution < -0.4 is 11.1 Å². The lowest BCUT2D eigenvalue weighted by atomic mass is 10.2. The molecule has 8 heteroatoms. The van der Waals surface area contributed by atoms with Crippen LogP contribution in [-0.2, 0) is 0 Å². The van der Waals surface area contributed by atoms with Gasteiger partial charge in [-0.3, -0.25) is 15.1 Å². The predicted octanol–water partition coefficient (Wildman–Crippen LogP) is 2.42. The fraction of sp³-hybridized carbons (Fsp3) is 0. The van der Waals surface area contributed by atoms with Gasteiger partial charge in [-0.15, -0.1) is 0 Å². The Kier molecular flexibility index (Phi) is 4.11. The van der Waals surface area contributed by atoms with Crippen molar-refractivity contribution in [3.05, 3.63) is 59.4 Å². The molecule has 3 aromatic rings. The number of nitrogens with one attached hydrogen (secondary N) is 1. The van der Waals surface area contributed by atoms with Gasteiger partial charge < -0.3 is 5.73 Å². The minimum absolute atomic E-state index is 0.00328. The SMILES string of the molecule is Nc1nc(NC(=O)c2cccnc2)nc(-c2cccc(Cl)c2)n1. The van der Waals surface area contributed by atoms with Gasteiger partial charge in [0.05, 0.1) is 5.56 Å².